The van der Waals surface area contributed by atoms with Crippen molar-refractivity contribution in [1.82, 2.24) is 20.2 Å². The van der Waals surface area contributed by atoms with Crippen LogP contribution in [0.25, 0.3) is 0 Å². The molecule has 3 amide bonds. The fourth-order valence-electron chi connectivity index (χ4n) is 5.33. The largest absolute Gasteiger partial charge is 0.324 e. The van der Waals surface area contributed by atoms with Crippen molar-refractivity contribution in [2.45, 2.75) is 64.7 Å². The first kappa shape index (κ1) is 26.5. The molecule has 37 heavy (non-hydrogen) atoms. The Balaban J connectivity index is 1.64. The van der Waals surface area contributed by atoms with Gasteiger partial charge in [-0.05, 0) is 57.4 Å². The summed E-state index contributed by atoms with van der Waals surface area (Å²) in [6, 6.07) is 15.7. The number of hydrogen-bond donors (Lipinski definition) is 1. The first-order chi connectivity index (χ1) is 17.5. The maximum atomic E-state index is 14.2. The number of amides is 3. The van der Waals surface area contributed by atoms with E-state index in [-0.39, 0.29) is 42.5 Å². The molecule has 196 valence electrons. The molecular weight excluding hydrogens is 468 g/mol. The van der Waals surface area contributed by atoms with Gasteiger partial charge >= 0.3 is 0 Å². The highest BCUT2D eigenvalue weighted by Gasteiger charge is 2.53. The van der Waals surface area contributed by atoms with Crippen LogP contribution in [0.4, 0.5) is 0 Å². The summed E-state index contributed by atoms with van der Waals surface area (Å²) in [6.07, 6.45) is 0.436. The van der Waals surface area contributed by atoms with Crippen LogP contribution in [-0.4, -0.2) is 75.1 Å². The Bertz CT molecular complexity index is 1160. The first-order valence-corrected chi connectivity index (χ1v) is 12.8. The van der Waals surface area contributed by atoms with E-state index in [4.69, 9.17) is 0 Å². The predicted molar refractivity (Wildman–Crippen MR) is 141 cm³/mol. The van der Waals surface area contributed by atoms with Crippen LogP contribution < -0.4 is 5.43 Å². The molecule has 0 unspecified atom stereocenters. The monoisotopic (exact) mass is 504 g/mol. The molecule has 2 saturated heterocycles. The molecule has 0 spiro atoms. The quantitative estimate of drug-likeness (QED) is 0.653. The summed E-state index contributed by atoms with van der Waals surface area (Å²) in [6.45, 7) is 10.00. The van der Waals surface area contributed by atoms with Crippen molar-refractivity contribution < 1.29 is 19.2 Å². The zero-order valence-electron chi connectivity index (χ0n) is 22.2. The highest BCUT2D eigenvalue weighted by molar-refractivity contribution is 6.03. The van der Waals surface area contributed by atoms with Gasteiger partial charge in [0.25, 0.3) is 17.7 Å². The molecule has 0 aromatic heterocycles. The number of likely N-dealkylation sites (tertiary alicyclic amines) is 1. The highest BCUT2D eigenvalue weighted by Crippen LogP contribution is 2.30. The second-order valence-corrected chi connectivity index (χ2v) is 11.2. The van der Waals surface area contributed by atoms with E-state index in [2.05, 4.69) is 5.43 Å². The van der Waals surface area contributed by atoms with Crippen LogP contribution in [0.2, 0.25) is 0 Å². The molecule has 3 atom stereocenters. The molecule has 8 heteroatoms. The summed E-state index contributed by atoms with van der Waals surface area (Å²) in [4.78, 5) is 57.4. The SMILES string of the molecule is CC(C)C[C@@H](C(=O)N1NC[C@@H]2[C@H]1C(=O)CN2C(=O)c1ccccc1)N(C(=O)c1ccccc1)C(C)(C)C. The molecule has 0 aliphatic carbocycles. The lowest BCUT2D eigenvalue weighted by atomic mass is 9.94. The highest BCUT2D eigenvalue weighted by atomic mass is 16.2. The lowest BCUT2D eigenvalue weighted by Gasteiger charge is -2.43. The Hall–Kier alpha value is -3.52. The summed E-state index contributed by atoms with van der Waals surface area (Å²) in [5.74, 6) is -0.861. The molecule has 2 aromatic rings. The third kappa shape index (κ3) is 5.30. The fourth-order valence-corrected chi connectivity index (χ4v) is 5.33. The van der Waals surface area contributed by atoms with Crippen molar-refractivity contribution in [3.8, 4) is 0 Å². The number of carbonyl (C=O) groups is 4. The lowest BCUT2D eigenvalue weighted by molar-refractivity contribution is -0.145. The number of benzene rings is 2. The van der Waals surface area contributed by atoms with Gasteiger partial charge in [0.1, 0.15) is 12.1 Å². The molecule has 0 radical (unpaired) electrons. The Kier molecular flexibility index (Phi) is 7.50. The Morgan fingerprint density at radius 1 is 0.973 bits per heavy atom. The molecule has 2 fully saturated rings. The van der Waals surface area contributed by atoms with Crippen molar-refractivity contribution in [2.75, 3.05) is 13.1 Å². The molecule has 0 bridgehead atoms. The van der Waals surface area contributed by atoms with Gasteiger partial charge in [-0.2, -0.15) is 0 Å². The summed E-state index contributed by atoms with van der Waals surface area (Å²) >= 11 is 0. The van der Waals surface area contributed by atoms with Crippen LogP contribution in [-0.2, 0) is 9.59 Å². The first-order valence-electron chi connectivity index (χ1n) is 12.8. The van der Waals surface area contributed by atoms with Crippen LogP contribution >= 0.6 is 0 Å². The van der Waals surface area contributed by atoms with Gasteiger partial charge in [-0.25, -0.2) is 5.43 Å². The summed E-state index contributed by atoms with van der Waals surface area (Å²) in [5.41, 5.74) is 3.45. The number of hydrogen-bond acceptors (Lipinski definition) is 5. The number of rotatable bonds is 6. The van der Waals surface area contributed by atoms with E-state index < -0.39 is 23.7 Å². The zero-order valence-corrected chi connectivity index (χ0v) is 22.2. The molecule has 2 heterocycles. The van der Waals surface area contributed by atoms with Gasteiger partial charge in [-0.1, -0.05) is 50.2 Å². The molecule has 4 rings (SSSR count). The van der Waals surface area contributed by atoms with Crippen LogP contribution in [0.3, 0.4) is 0 Å². The van der Waals surface area contributed by atoms with E-state index in [0.717, 1.165) is 0 Å². The molecule has 8 nitrogen and oxygen atoms in total. The van der Waals surface area contributed by atoms with Crippen LogP contribution in [0, 0.1) is 5.92 Å². The number of nitrogens with one attached hydrogen (secondary N) is 1. The number of ketones is 1. The molecular formula is C29H36N4O4. The smallest absolute Gasteiger partial charge is 0.260 e. The number of Topliss-reactive ketones (excluding diaryl/α,β-unsaturated/α-hetero) is 1. The van der Waals surface area contributed by atoms with Crippen molar-refractivity contribution in [3.05, 3.63) is 71.8 Å². The maximum Gasteiger partial charge on any atom is 0.260 e. The topological polar surface area (TPSA) is 90.0 Å². The Morgan fingerprint density at radius 2 is 1.54 bits per heavy atom. The molecule has 1 N–H and O–H groups in total. The second kappa shape index (κ2) is 10.5. The summed E-state index contributed by atoms with van der Waals surface area (Å²) < 4.78 is 0. The number of hydrazine groups is 1. The average molecular weight is 505 g/mol. The van der Waals surface area contributed by atoms with Gasteiger partial charge in [0.2, 0.25) is 0 Å². The minimum Gasteiger partial charge on any atom is -0.324 e. The average Bonchev–Trinajstić information content (AvgIpc) is 3.44. The number of carbonyl (C=O) groups excluding carboxylic acids is 4. The zero-order chi connectivity index (χ0) is 26.9. The van der Waals surface area contributed by atoms with Gasteiger partial charge in [-0.3, -0.25) is 24.2 Å². The van der Waals surface area contributed by atoms with Gasteiger partial charge in [0.05, 0.1) is 12.6 Å². The van der Waals surface area contributed by atoms with Crippen molar-refractivity contribution >= 4 is 23.5 Å². The van der Waals surface area contributed by atoms with E-state index in [1.165, 1.54) is 5.01 Å². The predicted octanol–water partition coefficient (Wildman–Crippen LogP) is 3.15. The molecule has 2 aliphatic rings. The van der Waals surface area contributed by atoms with Gasteiger partial charge in [0, 0.05) is 23.2 Å². The van der Waals surface area contributed by atoms with E-state index in [1.54, 1.807) is 58.3 Å². The molecule has 0 saturated carbocycles. The Morgan fingerprint density at radius 3 is 2.08 bits per heavy atom. The minimum atomic E-state index is -0.788. The van der Waals surface area contributed by atoms with Crippen molar-refractivity contribution in [1.29, 1.82) is 0 Å². The second-order valence-electron chi connectivity index (χ2n) is 11.2. The standard InChI is InChI=1S/C29H36N4O4/c1-19(2)16-22(32(29(3,4)5)27(36)21-14-10-7-11-15-21)28(37)33-25-23(17-30-33)31(18-24(25)34)26(35)20-12-8-6-9-13-20/h6-15,19,22-23,25,30H,16-18H2,1-5H3/t22-,23+,25-/m0/s1. The third-order valence-electron chi connectivity index (χ3n) is 6.94. The van der Waals surface area contributed by atoms with Gasteiger partial charge in [0.15, 0.2) is 5.78 Å². The minimum absolute atomic E-state index is 0.0463. The van der Waals surface area contributed by atoms with E-state index in [0.29, 0.717) is 17.5 Å². The summed E-state index contributed by atoms with van der Waals surface area (Å²) in [5, 5.41) is 1.38. The van der Waals surface area contributed by atoms with Crippen LogP contribution in [0.1, 0.15) is 61.8 Å². The summed E-state index contributed by atoms with van der Waals surface area (Å²) in [7, 11) is 0. The van der Waals surface area contributed by atoms with Gasteiger partial charge < -0.3 is 9.80 Å². The van der Waals surface area contributed by atoms with Crippen molar-refractivity contribution in [3.63, 3.8) is 0 Å². The molecule has 2 aromatic carbocycles. The Labute approximate surface area is 218 Å². The van der Waals surface area contributed by atoms with E-state index in [1.807, 2.05) is 46.8 Å². The third-order valence-corrected chi connectivity index (χ3v) is 6.94. The fraction of sp³-hybridized carbons (Fsp3) is 0.448. The van der Waals surface area contributed by atoms with Crippen LogP contribution in [0.15, 0.2) is 60.7 Å². The van der Waals surface area contributed by atoms with Gasteiger partial charge in [-0.15, -0.1) is 0 Å². The molecule has 2 aliphatic heterocycles. The maximum absolute atomic E-state index is 14.2. The number of nitrogens with zero attached hydrogens (tertiary/aromatic N) is 3. The van der Waals surface area contributed by atoms with E-state index >= 15 is 0 Å². The van der Waals surface area contributed by atoms with Crippen molar-refractivity contribution in [2.24, 2.45) is 5.92 Å². The number of fused-ring (bicyclic) bond motifs is 1. The van der Waals surface area contributed by atoms with E-state index in [9.17, 15) is 19.2 Å². The normalized spacial score (nSPS) is 20.2. The van der Waals surface area contributed by atoms with Crippen LogP contribution in [0.5, 0.6) is 0 Å². The lowest BCUT2D eigenvalue weighted by Crippen LogP contribution is -2.61.